The molecule has 262 valence electrons. The summed E-state index contributed by atoms with van der Waals surface area (Å²) in [7, 11) is 0. The molecule has 11 rings (SSSR count). The van der Waals surface area contributed by atoms with Crippen molar-refractivity contribution < 1.29 is 15.4 Å². The SMILES string of the molecule is [2H]c1c([2H])c(N(c2ccccc2-c2ccc3c(c2)oc2c4ccccc4ccc32)c2c([2H])c([2H])c(-c3cccc4ccccc34)c([2H])c2[2H])c([2H])c([2H])c1-c1cccc2ccccc12. The number of furan rings is 1. The Morgan fingerprint density at radius 3 is 1.46 bits per heavy atom. The molecule has 0 aliphatic carbocycles. The zero-order valence-corrected chi connectivity index (χ0v) is 29.9. The zero-order valence-electron chi connectivity index (χ0n) is 37.9. The molecule has 0 aliphatic heterocycles. The molecule has 10 aromatic carbocycles. The molecule has 0 bridgehead atoms. The van der Waals surface area contributed by atoms with Crippen LogP contribution >= 0.6 is 0 Å². The molecule has 11 aromatic rings. The van der Waals surface area contributed by atoms with E-state index in [-0.39, 0.29) is 46.7 Å². The maximum absolute atomic E-state index is 9.72. The number of para-hydroxylation sites is 1. The molecule has 0 radical (unpaired) electrons. The summed E-state index contributed by atoms with van der Waals surface area (Å²) in [5, 5.41) is 7.17. The molecule has 0 aliphatic rings. The molecule has 0 N–H and O–H groups in total. The van der Waals surface area contributed by atoms with Crippen LogP contribution in [0.2, 0.25) is 0 Å². The standard InChI is InChI=1S/C54H35NO/c1-4-16-44-36(11-1)14-9-20-46(44)39-23-29-42(30-24-39)55(43-31-25-40(26-32-43)47-21-10-15-37-12-2-5-17-45(37)47)52-22-8-7-18-48(52)41-28-33-50-51-34-27-38-13-3-6-19-49(38)54(51)56-53(50)35-41/h1-35H/i23D,24D,25D,26D,29D,30D,31D,32D. The third-order valence-corrected chi connectivity index (χ3v) is 10.6. The normalized spacial score (nSPS) is 13.6. The lowest BCUT2D eigenvalue weighted by Crippen LogP contribution is -2.11. The molecule has 0 saturated carbocycles. The van der Waals surface area contributed by atoms with E-state index in [9.17, 15) is 11.0 Å². The summed E-state index contributed by atoms with van der Waals surface area (Å²) in [6.45, 7) is 0. The Morgan fingerprint density at radius 1 is 0.357 bits per heavy atom. The summed E-state index contributed by atoms with van der Waals surface area (Å²) < 4.78 is 83.6. The Morgan fingerprint density at radius 2 is 0.839 bits per heavy atom. The van der Waals surface area contributed by atoms with Crippen molar-refractivity contribution in [2.24, 2.45) is 0 Å². The highest BCUT2D eigenvalue weighted by molar-refractivity contribution is 6.15. The smallest absolute Gasteiger partial charge is 0.143 e. The number of fused-ring (bicyclic) bond motifs is 7. The average Bonchev–Trinajstić information content (AvgIpc) is 3.71. The number of benzene rings is 10. The predicted molar refractivity (Wildman–Crippen MR) is 237 cm³/mol. The molecule has 1 aromatic heterocycles. The van der Waals surface area contributed by atoms with E-state index in [0.717, 1.165) is 48.7 Å². The lowest BCUT2D eigenvalue weighted by molar-refractivity contribution is 0.673. The highest BCUT2D eigenvalue weighted by Gasteiger charge is 2.19. The molecule has 0 saturated heterocycles. The number of rotatable bonds is 6. The highest BCUT2D eigenvalue weighted by Crippen LogP contribution is 2.44. The van der Waals surface area contributed by atoms with Gasteiger partial charge in [-0.1, -0.05) is 164 Å². The van der Waals surface area contributed by atoms with Gasteiger partial charge in [-0.2, -0.15) is 0 Å². The van der Waals surface area contributed by atoms with Crippen molar-refractivity contribution in [3.8, 4) is 33.4 Å². The fraction of sp³-hybridized carbons (Fsp3) is 0. The van der Waals surface area contributed by atoms with E-state index >= 15 is 0 Å². The van der Waals surface area contributed by atoms with E-state index in [1.165, 1.54) is 4.90 Å². The van der Waals surface area contributed by atoms with Gasteiger partial charge in [0.25, 0.3) is 0 Å². The van der Waals surface area contributed by atoms with E-state index in [1.54, 1.807) is 24.3 Å². The van der Waals surface area contributed by atoms with Gasteiger partial charge in [0.2, 0.25) is 0 Å². The Labute approximate surface area is 336 Å². The molecule has 56 heavy (non-hydrogen) atoms. The van der Waals surface area contributed by atoms with E-state index in [1.807, 2.05) is 133 Å². The fourth-order valence-electron chi connectivity index (χ4n) is 7.93. The van der Waals surface area contributed by atoms with Crippen LogP contribution in [0.15, 0.2) is 217 Å². The summed E-state index contributed by atoms with van der Waals surface area (Å²) in [5.41, 5.74) is 3.79. The Bertz CT molecular complexity index is 3530. The predicted octanol–water partition coefficient (Wildman–Crippen LogP) is 15.5. The van der Waals surface area contributed by atoms with Crippen molar-refractivity contribution in [2.75, 3.05) is 4.90 Å². The molecular formula is C54H35NO. The number of hydrogen-bond acceptors (Lipinski definition) is 2. The van der Waals surface area contributed by atoms with Crippen LogP contribution < -0.4 is 4.90 Å². The second-order valence-electron chi connectivity index (χ2n) is 13.8. The van der Waals surface area contributed by atoms with Gasteiger partial charge in [-0.25, -0.2) is 0 Å². The lowest BCUT2D eigenvalue weighted by Gasteiger charge is -2.28. The monoisotopic (exact) mass is 721 g/mol. The molecule has 0 amide bonds. The van der Waals surface area contributed by atoms with Crippen molar-refractivity contribution in [1.82, 2.24) is 0 Å². The first-order valence-corrected chi connectivity index (χ1v) is 18.5. The minimum Gasteiger partial charge on any atom is -0.455 e. The van der Waals surface area contributed by atoms with Gasteiger partial charge < -0.3 is 9.32 Å². The first-order valence-electron chi connectivity index (χ1n) is 22.5. The average molecular weight is 722 g/mol. The topological polar surface area (TPSA) is 16.4 Å². The van der Waals surface area contributed by atoms with Crippen LogP contribution in [0.25, 0.3) is 87.6 Å². The minimum atomic E-state index is -0.409. The number of nitrogens with zero attached hydrogens (tertiary/aromatic N) is 1. The quantitative estimate of drug-likeness (QED) is 0.170. The van der Waals surface area contributed by atoms with Gasteiger partial charge in [0.1, 0.15) is 11.2 Å². The molecule has 0 unspecified atom stereocenters. The maximum Gasteiger partial charge on any atom is 0.143 e. The molecule has 0 spiro atoms. The minimum absolute atomic E-state index is 0.109. The Kier molecular flexibility index (Phi) is 5.83. The number of hydrogen-bond donors (Lipinski definition) is 0. The van der Waals surface area contributed by atoms with Crippen molar-refractivity contribution >= 4 is 71.3 Å². The van der Waals surface area contributed by atoms with Gasteiger partial charge in [0.05, 0.1) is 16.7 Å². The molecule has 2 nitrogen and oxygen atoms in total. The Balaban J connectivity index is 1.19. The van der Waals surface area contributed by atoms with Gasteiger partial charge in [-0.15, -0.1) is 0 Å². The lowest BCUT2D eigenvalue weighted by atomic mass is 9.96. The summed E-state index contributed by atoms with van der Waals surface area (Å²) in [6.07, 6.45) is 0. The van der Waals surface area contributed by atoms with E-state index < -0.39 is 24.2 Å². The van der Waals surface area contributed by atoms with Crippen molar-refractivity contribution in [3.63, 3.8) is 0 Å². The van der Waals surface area contributed by atoms with Gasteiger partial charge in [0.15, 0.2) is 0 Å². The summed E-state index contributed by atoms with van der Waals surface area (Å²) in [4.78, 5) is 1.38. The summed E-state index contributed by atoms with van der Waals surface area (Å²) in [5.74, 6) is 0. The van der Waals surface area contributed by atoms with Gasteiger partial charge in [0, 0.05) is 33.1 Å². The fourth-order valence-corrected chi connectivity index (χ4v) is 7.93. The van der Waals surface area contributed by atoms with E-state index in [4.69, 9.17) is 4.42 Å². The van der Waals surface area contributed by atoms with Crippen LogP contribution in [0, 0.1) is 0 Å². The molecular weight excluding hydrogens is 679 g/mol. The molecule has 1 heterocycles. The Hall–Kier alpha value is -7.42. The second kappa shape index (κ2) is 13.2. The van der Waals surface area contributed by atoms with E-state index in [0.29, 0.717) is 33.5 Å². The van der Waals surface area contributed by atoms with Gasteiger partial charge in [-0.05, 0) is 103 Å². The third-order valence-electron chi connectivity index (χ3n) is 10.6. The van der Waals surface area contributed by atoms with Crippen LogP contribution in [0.3, 0.4) is 0 Å². The van der Waals surface area contributed by atoms with E-state index in [2.05, 4.69) is 6.07 Å². The molecule has 0 fully saturated rings. The van der Waals surface area contributed by atoms with Crippen LogP contribution in [0.4, 0.5) is 17.1 Å². The van der Waals surface area contributed by atoms with Crippen LogP contribution in [0.1, 0.15) is 11.0 Å². The van der Waals surface area contributed by atoms with Crippen LogP contribution in [-0.2, 0) is 0 Å². The molecule has 2 heteroatoms. The largest absolute Gasteiger partial charge is 0.455 e. The third kappa shape index (κ3) is 5.34. The zero-order chi connectivity index (χ0) is 44.0. The van der Waals surface area contributed by atoms with Crippen LogP contribution in [0.5, 0.6) is 0 Å². The summed E-state index contributed by atoms with van der Waals surface area (Å²) >= 11 is 0. The summed E-state index contributed by atoms with van der Waals surface area (Å²) in [6, 6.07) is 48.5. The second-order valence-corrected chi connectivity index (χ2v) is 13.8. The van der Waals surface area contributed by atoms with Crippen molar-refractivity contribution in [2.45, 2.75) is 0 Å². The first kappa shape index (κ1) is 24.8. The van der Waals surface area contributed by atoms with Gasteiger partial charge >= 0.3 is 0 Å². The van der Waals surface area contributed by atoms with Gasteiger partial charge in [-0.3, -0.25) is 0 Å². The first-order chi connectivity index (χ1) is 31.1. The molecule has 0 atom stereocenters. The highest BCUT2D eigenvalue weighted by atomic mass is 16.3. The maximum atomic E-state index is 9.72. The number of anilines is 3. The van der Waals surface area contributed by atoms with Crippen LogP contribution in [-0.4, -0.2) is 0 Å². The van der Waals surface area contributed by atoms with Crippen molar-refractivity contribution in [1.29, 1.82) is 0 Å². The van der Waals surface area contributed by atoms with Crippen molar-refractivity contribution in [3.05, 3.63) is 212 Å².